The Morgan fingerprint density at radius 3 is 1.87 bits per heavy atom. The molecule has 0 saturated heterocycles. The maximum absolute atomic E-state index is 12.6. The second-order valence-corrected chi connectivity index (χ2v) is 8.73. The Balaban J connectivity index is 1.74. The summed E-state index contributed by atoms with van der Waals surface area (Å²) in [6.45, 7) is 2.81. The normalized spacial score (nSPS) is 13.2. The number of carbonyl (C=O) groups is 3. The van der Waals surface area contributed by atoms with E-state index in [1.165, 1.54) is 19.3 Å². The first-order valence-electron chi connectivity index (χ1n) is 10.2. The van der Waals surface area contributed by atoms with E-state index < -0.39 is 11.8 Å². The fourth-order valence-corrected chi connectivity index (χ4v) is 4.29. The first-order valence-corrected chi connectivity index (χ1v) is 11.7. The van der Waals surface area contributed by atoms with E-state index in [9.17, 15) is 14.4 Å². The Kier molecular flexibility index (Phi) is 10.2. The van der Waals surface area contributed by atoms with Crippen molar-refractivity contribution in [2.45, 2.75) is 64.7 Å². The van der Waals surface area contributed by atoms with Crippen molar-refractivity contribution in [1.29, 1.82) is 0 Å². The third-order valence-corrected chi connectivity index (χ3v) is 6.76. The van der Waals surface area contributed by atoms with E-state index in [-0.39, 0.29) is 43.7 Å². The molecule has 0 radical (unpaired) electrons. The Labute approximate surface area is 196 Å². The number of esters is 1. The number of rotatable bonds is 12. The molecule has 0 aliphatic carbocycles. The van der Waals surface area contributed by atoms with Gasteiger partial charge in [-0.2, -0.15) is 0 Å². The van der Waals surface area contributed by atoms with Crippen LogP contribution in [-0.2, 0) is 9.53 Å². The molecule has 0 spiro atoms. The van der Waals surface area contributed by atoms with Gasteiger partial charge in [-0.05, 0) is 19.3 Å². The highest BCUT2D eigenvalue weighted by Gasteiger charge is 2.41. The number of fused-ring (bicyclic) bond motifs is 1. The maximum atomic E-state index is 12.6. The topological polar surface area (TPSA) is 63.7 Å². The van der Waals surface area contributed by atoms with Crippen molar-refractivity contribution >= 4 is 64.2 Å². The molecule has 0 unspecified atom stereocenters. The van der Waals surface area contributed by atoms with Crippen molar-refractivity contribution < 1.29 is 19.1 Å². The van der Waals surface area contributed by atoms with E-state index in [0.29, 0.717) is 32.3 Å². The highest BCUT2D eigenvalue weighted by molar-refractivity contribution is 6.55. The average Bonchev–Trinajstić information content (AvgIpc) is 2.97. The number of benzene rings is 1. The van der Waals surface area contributed by atoms with Crippen molar-refractivity contribution in [3.8, 4) is 0 Å². The van der Waals surface area contributed by atoms with Crippen LogP contribution < -0.4 is 0 Å². The van der Waals surface area contributed by atoms with Crippen molar-refractivity contribution in [2.75, 3.05) is 13.2 Å². The second kappa shape index (κ2) is 12.1. The van der Waals surface area contributed by atoms with Gasteiger partial charge in [0.05, 0.1) is 37.8 Å². The third-order valence-electron chi connectivity index (χ3n) is 4.96. The molecule has 30 heavy (non-hydrogen) atoms. The fourth-order valence-electron chi connectivity index (χ4n) is 3.28. The Morgan fingerprint density at radius 2 is 1.30 bits per heavy atom. The number of hydrogen-bond acceptors (Lipinski definition) is 4. The number of carbonyl (C=O) groups excluding carboxylic acids is 3. The van der Waals surface area contributed by atoms with Crippen LogP contribution in [0.3, 0.4) is 0 Å². The predicted octanol–water partition coefficient (Wildman–Crippen LogP) is 6.97. The predicted molar refractivity (Wildman–Crippen MR) is 120 cm³/mol. The van der Waals surface area contributed by atoms with Crippen LogP contribution in [0.2, 0.25) is 20.1 Å². The minimum atomic E-state index is -0.539. The number of imide groups is 1. The summed E-state index contributed by atoms with van der Waals surface area (Å²) in [5.74, 6) is -1.29. The molecule has 166 valence electrons. The van der Waals surface area contributed by atoms with Crippen molar-refractivity contribution in [3.63, 3.8) is 0 Å². The molecule has 0 fully saturated rings. The summed E-state index contributed by atoms with van der Waals surface area (Å²) in [6.07, 6.45) is 7.68. The van der Waals surface area contributed by atoms with Gasteiger partial charge in [0.1, 0.15) is 0 Å². The molecule has 1 aromatic rings. The molecule has 1 aliphatic rings. The van der Waals surface area contributed by atoms with Gasteiger partial charge in [0.15, 0.2) is 0 Å². The van der Waals surface area contributed by atoms with Crippen molar-refractivity contribution in [1.82, 2.24) is 4.90 Å². The van der Waals surface area contributed by atoms with E-state index >= 15 is 0 Å². The van der Waals surface area contributed by atoms with Crippen LogP contribution in [-0.4, -0.2) is 35.8 Å². The van der Waals surface area contributed by atoms with Gasteiger partial charge in [0.2, 0.25) is 0 Å². The molecule has 0 saturated carbocycles. The molecule has 9 heteroatoms. The van der Waals surface area contributed by atoms with Gasteiger partial charge in [0, 0.05) is 13.0 Å². The van der Waals surface area contributed by atoms with Gasteiger partial charge in [-0.3, -0.25) is 19.3 Å². The zero-order valence-electron chi connectivity index (χ0n) is 16.9. The summed E-state index contributed by atoms with van der Waals surface area (Å²) in [5, 5.41) is -0.235. The lowest BCUT2D eigenvalue weighted by Gasteiger charge is -2.13. The Morgan fingerprint density at radius 1 is 0.767 bits per heavy atom. The van der Waals surface area contributed by atoms with E-state index in [1.807, 2.05) is 0 Å². The highest BCUT2D eigenvalue weighted by Crippen LogP contribution is 2.44. The molecule has 0 aromatic heterocycles. The second-order valence-electron chi connectivity index (χ2n) is 7.21. The quantitative estimate of drug-likeness (QED) is 0.103. The number of unbranched alkanes of at least 4 members (excludes halogenated alkanes) is 6. The number of hydrogen-bond donors (Lipinski definition) is 0. The monoisotopic (exact) mass is 495 g/mol. The molecular weight excluding hydrogens is 472 g/mol. The number of halogens is 4. The molecule has 0 N–H and O–H groups in total. The van der Waals surface area contributed by atoms with E-state index in [2.05, 4.69) is 6.92 Å². The van der Waals surface area contributed by atoms with Crippen LogP contribution in [0, 0.1) is 0 Å². The summed E-state index contributed by atoms with van der Waals surface area (Å²) >= 11 is 24.2. The van der Waals surface area contributed by atoms with Gasteiger partial charge in [-0.1, -0.05) is 85.4 Å². The van der Waals surface area contributed by atoms with Gasteiger partial charge in [-0.15, -0.1) is 0 Å². The molecule has 1 aromatic carbocycles. The SMILES string of the molecule is CCCCCCCOC(=O)CCCCCN1C(=O)c2c(Cl)c(Cl)c(Cl)c(Cl)c2C1=O. The number of amides is 2. The van der Waals surface area contributed by atoms with Gasteiger partial charge in [-0.25, -0.2) is 0 Å². The third kappa shape index (κ3) is 6.03. The molecular formula is C21H25Cl4NO4. The van der Waals surface area contributed by atoms with Crippen LogP contribution in [0.1, 0.15) is 85.4 Å². The van der Waals surface area contributed by atoms with E-state index in [0.717, 1.165) is 17.7 Å². The smallest absolute Gasteiger partial charge is 0.305 e. The zero-order chi connectivity index (χ0) is 22.3. The first-order chi connectivity index (χ1) is 14.3. The summed E-state index contributed by atoms with van der Waals surface area (Å²) in [5.41, 5.74) is -0.0211. The Hall–Kier alpha value is -1.01. The van der Waals surface area contributed by atoms with Gasteiger partial charge < -0.3 is 4.74 Å². The van der Waals surface area contributed by atoms with Crippen LogP contribution >= 0.6 is 46.4 Å². The van der Waals surface area contributed by atoms with Gasteiger partial charge in [0.25, 0.3) is 11.8 Å². The Bertz CT molecular complexity index is 766. The average molecular weight is 497 g/mol. The summed E-state index contributed by atoms with van der Waals surface area (Å²) in [7, 11) is 0. The van der Waals surface area contributed by atoms with E-state index in [4.69, 9.17) is 51.1 Å². The van der Waals surface area contributed by atoms with Crippen LogP contribution in [0.5, 0.6) is 0 Å². The van der Waals surface area contributed by atoms with Crippen LogP contribution in [0.25, 0.3) is 0 Å². The molecule has 1 aliphatic heterocycles. The first kappa shape index (κ1) is 25.3. The van der Waals surface area contributed by atoms with Crippen LogP contribution in [0.4, 0.5) is 0 Å². The highest BCUT2D eigenvalue weighted by atomic mass is 35.5. The minimum absolute atomic E-state index is 0.0106. The van der Waals surface area contributed by atoms with Crippen LogP contribution in [0.15, 0.2) is 0 Å². The fraction of sp³-hybridized carbons (Fsp3) is 0.571. The van der Waals surface area contributed by atoms with Gasteiger partial charge >= 0.3 is 5.97 Å². The summed E-state index contributed by atoms with van der Waals surface area (Å²) < 4.78 is 5.22. The molecule has 2 rings (SSSR count). The lowest BCUT2D eigenvalue weighted by molar-refractivity contribution is -0.143. The molecule has 5 nitrogen and oxygen atoms in total. The lowest BCUT2D eigenvalue weighted by Crippen LogP contribution is -2.30. The molecule has 0 atom stereocenters. The van der Waals surface area contributed by atoms with E-state index in [1.54, 1.807) is 0 Å². The minimum Gasteiger partial charge on any atom is -0.466 e. The lowest BCUT2D eigenvalue weighted by atomic mass is 10.1. The van der Waals surface area contributed by atoms with Crippen molar-refractivity contribution in [3.05, 3.63) is 31.2 Å². The molecule has 2 amide bonds. The maximum Gasteiger partial charge on any atom is 0.305 e. The largest absolute Gasteiger partial charge is 0.466 e. The van der Waals surface area contributed by atoms with Crippen molar-refractivity contribution in [2.24, 2.45) is 0 Å². The number of nitrogens with zero attached hydrogens (tertiary/aromatic N) is 1. The summed E-state index contributed by atoms with van der Waals surface area (Å²) in [6, 6.07) is 0. The molecule has 0 bridgehead atoms. The number of ether oxygens (including phenoxy) is 1. The zero-order valence-corrected chi connectivity index (χ0v) is 19.9. The molecule has 1 heterocycles. The standard InChI is InChI=1S/C21H25Cl4NO4/c1-2-3-4-5-9-12-30-13(27)10-7-6-8-11-26-20(28)14-15(21(26)29)17(23)19(25)18(24)16(14)22/h2-12H2,1H3. The summed E-state index contributed by atoms with van der Waals surface area (Å²) in [4.78, 5) is 38.1.